The molecule has 0 bridgehead atoms. The predicted molar refractivity (Wildman–Crippen MR) is 117 cm³/mol. The van der Waals surface area contributed by atoms with E-state index in [1.807, 2.05) is 0 Å². The monoisotopic (exact) mass is 480 g/mol. The highest BCUT2D eigenvalue weighted by Gasteiger charge is 2.58. The maximum Gasteiger partial charge on any atom is 0.274 e. The van der Waals surface area contributed by atoms with E-state index in [1.54, 1.807) is 34.3 Å². The zero-order chi connectivity index (χ0) is 24.2. The molecule has 0 aliphatic carbocycles. The lowest BCUT2D eigenvalue weighted by molar-refractivity contribution is -0.142. The maximum absolute atomic E-state index is 13.8. The molecule has 180 valence electrons. The van der Waals surface area contributed by atoms with Gasteiger partial charge < -0.3 is 14.5 Å². The van der Waals surface area contributed by atoms with Crippen molar-refractivity contribution in [2.24, 2.45) is 0 Å². The van der Waals surface area contributed by atoms with E-state index in [4.69, 9.17) is 4.74 Å². The molecule has 0 radical (unpaired) electrons. The SMILES string of the molecule is O=C(c1cnnn1-c1cccnc1)N1CCC2(CC1)OC1CCC(c3cc(F)cc(F)c3)N1C2=O. The topological polar surface area (TPSA) is 93.4 Å². The smallest absolute Gasteiger partial charge is 0.274 e. The lowest BCUT2D eigenvalue weighted by Crippen LogP contribution is -2.51. The summed E-state index contributed by atoms with van der Waals surface area (Å²) in [7, 11) is 0. The van der Waals surface area contributed by atoms with Crippen molar-refractivity contribution in [2.75, 3.05) is 13.1 Å². The average Bonchev–Trinajstić information content (AvgIpc) is 3.56. The van der Waals surface area contributed by atoms with E-state index < -0.39 is 29.5 Å². The minimum Gasteiger partial charge on any atom is -0.342 e. The first-order valence-electron chi connectivity index (χ1n) is 11.5. The third-order valence-electron chi connectivity index (χ3n) is 7.11. The second kappa shape index (κ2) is 8.19. The molecule has 3 aromatic rings. The summed E-state index contributed by atoms with van der Waals surface area (Å²) >= 11 is 0. The third kappa shape index (κ3) is 3.57. The number of fused-ring (bicyclic) bond motifs is 1. The van der Waals surface area contributed by atoms with Gasteiger partial charge in [-0.05, 0) is 42.7 Å². The number of aromatic nitrogens is 4. The van der Waals surface area contributed by atoms with Gasteiger partial charge >= 0.3 is 0 Å². The summed E-state index contributed by atoms with van der Waals surface area (Å²) in [4.78, 5) is 34.1. The van der Waals surface area contributed by atoms with Gasteiger partial charge in [0.05, 0.1) is 24.1 Å². The molecule has 3 aliphatic rings. The van der Waals surface area contributed by atoms with Crippen LogP contribution in [0.15, 0.2) is 48.9 Å². The molecule has 0 N–H and O–H groups in total. The van der Waals surface area contributed by atoms with Crippen molar-refractivity contribution in [2.45, 2.75) is 43.6 Å². The summed E-state index contributed by atoms with van der Waals surface area (Å²) < 4.78 is 35.3. The van der Waals surface area contributed by atoms with E-state index in [0.717, 1.165) is 6.07 Å². The Morgan fingerprint density at radius 3 is 2.57 bits per heavy atom. The lowest BCUT2D eigenvalue weighted by atomic mass is 9.89. The van der Waals surface area contributed by atoms with Crippen LogP contribution in [0.4, 0.5) is 8.78 Å². The maximum atomic E-state index is 13.8. The van der Waals surface area contributed by atoms with E-state index in [0.29, 0.717) is 55.7 Å². The van der Waals surface area contributed by atoms with Crippen LogP contribution in [0.5, 0.6) is 0 Å². The summed E-state index contributed by atoms with van der Waals surface area (Å²) in [5.74, 6) is -1.76. The Labute approximate surface area is 199 Å². The van der Waals surface area contributed by atoms with Crippen LogP contribution in [0.1, 0.15) is 47.8 Å². The second-order valence-electron chi connectivity index (χ2n) is 9.11. The van der Waals surface area contributed by atoms with Crippen LogP contribution in [0.3, 0.4) is 0 Å². The zero-order valence-electron chi connectivity index (χ0n) is 18.7. The molecule has 1 aromatic carbocycles. The van der Waals surface area contributed by atoms with Crippen molar-refractivity contribution in [1.29, 1.82) is 0 Å². The van der Waals surface area contributed by atoms with Gasteiger partial charge in [0.15, 0.2) is 11.3 Å². The van der Waals surface area contributed by atoms with Gasteiger partial charge in [0.2, 0.25) is 0 Å². The number of nitrogens with zero attached hydrogens (tertiary/aromatic N) is 6. The van der Waals surface area contributed by atoms with Crippen molar-refractivity contribution in [1.82, 2.24) is 29.8 Å². The summed E-state index contributed by atoms with van der Waals surface area (Å²) in [5.41, 5.74) is 0.328. The van der Waals surface area contributed by atoms with Gasteiger partial charge in [-0.3, -0.25) is 14.6 Å². The standard InChI is InChI=1S/C24H22F2N6O3/c25-16-10-15(11-17(26)12-16)19-3-4-21-31(19)23(34)24(35-21)5-8-30(9-6-24)22(33)20-14-28-29-32(20)18-2-1-7-27-13-18/h1-2,7,10-14,19,21H,3-6,8-9H2. The largest absolute Gasteiger partial charge is 0.342 e. The van der Waals surface area contributed by atoms with Crippen LogP contribution in [0.25, 0.3) is 5.69 Å². The molecule has 6 rings (SSSR count). The van der Waals surface area contributed by atoms with Crippen LogP contribution < -0.4 is 0 Å². The number of rotatable bonds is 3. The normalized spacial score (nSPS) is 23.2. The first kappa shape index (κ1) is 21.8. The van der Waals surface area contributed by atoms with Crippen molar-refractivity contribution in [3.8, 4) is 5.69 Å². The van der Waals surface area contributed by atoms with Gasteiger partial charge in [0.25, 0.3) is 11.8 Å². The molecule has 2 atom stereocenters. The Kier molecular flexibility index (Phi) is 5.10. The molecule has 3 fully saturated rings. The lowest BCUT2D eigenvalue weighted by Gasteiger charge is -2.37. The Morgan fingerprint density at radius 2 is 1.86 bits per heavy atom. The van der Waals surface area contributed by atoms with Gasteiger partial charge in [-0.25, -0.2) is 13.5 Å². The molecule has 2 amide bonds. The number of likely N-dealkylation sites (tertiary alicyclic amines) is 1. The summed E-state index contributed by atoms with van der Waals surface area (Å²) in [5, 5.41) is 7.90. The molecule has 11 heteroatoms. The van der Waals surface area contributed by atoms with Gasteiger partial charge in [-0.1, -0.05) is 5.21 Å². The molecular formula is C24H22F2N6O3. The molecular weight excluding hydrogens is 458 g/mol. The van der Waals surface area contributed by atoms with Crippen molar-refractivity contribution < 1.29 is 23.1 Å². The average molecular weight is 480 g/mol. The first-order chi connectivity index (χ1) is 16.9. The highest BCUT2D eigenvalue weighted by atomic mass is 19.1. The van der Waals surface area contributed by atoms with Crippen LogP contribution in [0, 0.1) is 11.6 Å². The first-order valence-corrected chi connectivity index (χ1v) is 11.5. The number of halogens is 2. The van der Waals surface area contributed by atoms with Crippen molar-refractivity contribution in [3.05, 3.63) is 71.8 Å². The van der Waals surface area contributed by atoms with E-state index in [1.165, 1.54) is 23.0 Å². The molecule has 1 spiro atoms. The molecule has 5 heterocycles. The minimum absolute atomic E-state index is 0.177. The number of benzene rings is 1. The Balaban J connectivity index is 1.18. The molecule has 3 saturated heterocycles. The van der Waals surface area contributed by atoms with Gasteiger partial charge in [0, 0.05) is 38.2 Å². The van der Waals surface area contributed by atoms with E-state index in [-0.39, 0.29) is 11.8 Å². The molecule has 2 unspecified atom stereocenters. The fourth-order valence-corrected chi connectivity index (χ4v) is 5.42. The number of hydrogen-bond donors (Lipinski definition) is 0. The highest BCUT2D eigenvalue weighted by Crippen LogP contribution is 2.47. The molecule has 3 aliphatic heterocycles. The van der Waals surface area contributed by atoms with E-state index in [2.05, 4.69) is 15.3 Å². The van der Waals surface area contributed by atoms with Gasteiger partial charge in [-0.2, -0.15) is 0 Å². The second-order valence-corrected chi connectivity index (χ2v) is 9.11. The third-order valence-corrected chi connectivity index (χ3v) is 7.11. The number of piperidine rings is 1. The predicted octanol–water partition coefficient (Wildman–Crippen LogP) is 2.64. The van der Waals surface area contributed by atoms with E-state index >= 15 is 0 Å². The number of amides is 2. The number of ether oxygens (including phenoxy) is 1. The molecule has 9 nitrogen and oxygen atoms in total. The Bertz CT molecular complexity index is 1270. The zero-order valence-corrected chi connectivity index (χ0v) is 18.7. The fraction of sp³-hybridized carbons (Fsp3) is 0.375. The Morgan fingerprint density at radius 1 is 1.09 bits per heavy atom. The van der Waals surface area contributed by atoms with Crippen molar-refractivity contribution >= 4 is 11.8 Å². The number of carbonyl (C=O) groups is 2. The van der Waals surface area contributed by atoms with Gasteiger partial charge in [-0.15, -0.1) is 5.10 Å². The van der Waals surface area contributed by atoms with Crippen molar-refractivity contribution in [3.63, 3.8) is 0 Å². The summed E-state index contributed by atoms with van der Waals surface area (Å²) in [6.07, 6.45) is 6.04. The fourth-order valence-electron chi connectivity index (χ4n) is 5.42. The summed E-state index contributed by atoms with van der Waals surface area (Å²) in [6, 6.07) is 6.46. The van der Waals surface area contributed by atoms with Crippen LogP contribution in [-0.4, -0.2) is 66.5 Å². The molecule has 2 aromatic heterocycles. The van der Waals surface area contributed by atoms with Gasteiger partial charge in [0.1, 0.15) is 17.9 Å². The molecule has 0 saturated carbocycles. The van der Waals surface area contributed by atoms with Crippen LogP contribution in [0.2, 0.25) is 0 Å². The van der Waals surface area contributed by atoms with Crippen LogP contribution >= 0.6 is 0 Å². The van der Waals surface area contributed by atoms with E-state index in [9.17, 15) is 18.4 Å². The minimum atomic E-state index is -1.03. The molecule has 35 heavy (non-hydrogen) atoms. The van der Waals surface area contributed by atoms with Crippen LogP contribution in [-0.2, 0) is 9.53 Å². The number of pyridine rings is 1. The Hall–Kier alpha value is -3.73. The number of carbonyl (C=O) groups excluding carboxylic acids is 2. The quantitative estimate of drug-likeness (QED) is 0.572. The number of hydrogen-bond acceptors (Lipinski definition) is 6. The summed E-state index contributed by atoms with van der Waals surface area (Å²) in [6.45, 7) is 0.644. The highest BCUT2D eigenvalue weighted by molar-refractivity contribution is 5.93.